The lowest BCUT2D eigenvalue weighted by molar-refractivity contribution is -0.122. The average Bonchev–Trinajstić information content (AvgIpc) is 2.38. The van der Waals surface area contributed by atoms with Gasteiger partial charge in [-0.05, 0) is 31.4 Å². The maximum absolute atomic E-state index is 11.4. The molecule has 2 unspecified atom stereocenters. The van der Waals surface area contributed by atoms with Crippen LogP contribution in [0.3, 0.4) is 0 Å². The molecule has 0 aromatic heterocycles. The van der Waals surface area contributed by atoms with Crippen LogP contribution in [0.4, 0.5) is 0 Å². The first-order chi connectivity index (χ1) is 8.58. The Labute approximate surface area is 110 Å². The molecular formula is C15H24N2O. The average molecular weight is 248 g/mol. The van der Waals surface area contributed by atoms with Crippen LogP contribution < -0.4 is 10.6 Å². The molecule has 2 N–H and O–H groups in total. The zero-order valence-corrected chi connectivity index (χ0v) is 11.8. The van der Waals surface area contributed by atoms with Crippen molar-refractivity contribution < 1.29 is 4.79 Å². The molecule has 0 heterocycles. The molecule has 0 saturated carbocycles. The molecule has 0 spiro atoms. The summed E-state index contributed by atoms with van der Waals surface area (Å²) < 4.78 is 0. The van der Waals surface area contributed by atoms with Crippen molar-refractivity contribution in [3.63, 3.8) is 0 Å². The SMILES string of the molecule is CCCc1ccc(C(C)NC(C)C(=O)NC)cc1. The largest absolute Gasteiger partial charge is 0.358 e. The Hall–Kier alpha value is -1.35. The van der Waals surface area contributed by atoms with E-state index < -0.39 is 0 Å². The summed E-state index contributed by atoms with van der Waals surface area (Å²) in [7, 11) is 1.66. The highest BCUT2D eigenvalue weighted by Crippen LogP contribution is 2.14. The minimum absolute atomic E-state index is 0.0180. The van der Waals surface area contributed by atoms with Crippen molar-refractivity contribution in [3.05, 3.63) is 35.4 Å². The fourth-order valence-electron chi connectivity index (χ4n) is 2.03. The van der Waals surface area contributed by atoms with Crippen molar-refractivity contribution in [2.24, 2.45) is 0 Å². The summed E-state index contributed by atoms with van der Waals surface area (Å²) in [6.45, 7) is 6.14. The van der Waals surface area contributed by atoms with E-state index in [1.807, 2.05) is 6.92 Å². The van der Waals surface area contributed by atoms with E-state index in [1.54, 1.807) is 7.05 Å². The number of carbonyl (C=O) groups is 1. The Balaban J connectivity index is 2.61. The molecule has 3 heteroatoms. The van der Waals surface area contributed by atoms with E-state index in [4.69, 9.17) is 0 Å². The third-order valence-corrected chi connectivity index (χ3v) is 3.16. The molecule has 0 aliphatic carbocycles. The molecule has 100 valence electrons. The first kappa shape index (κ1) is 14.7. The molecule has 2 atom stereocenters. The number of benzene rings is 1. The van der Waals surface area contributed by atoms with Gasteiger partial charge >= 0.3 is 0 Å². The smallest absolute Gasteiger partial charge is 0.236 e. The van der Waals surface area contributed by atoms with Gasteiger partial charge < -0.3 is 5.32 Å². The van der Waals surface area contributed by atoms with Crippen molar-refractivity contribution in [2.45, 2.75) is 45.7 Å². The summed E-state index contributed by atoms with van der Waals surface area (Å²) in [5, 5.41) is 5.93. The Bertz CT molecular complexity index is 373. The van der Waals surface area contributed by atoms with Gasteiger partial charge in [-0.25, -0.2) is 0 Å². The molecule has 0 fully saturated rings. The van der Waals surface area contributed by atoms with Crippen molar-refractivity contribution >= 4 is 5.91 Å². The van der Waals surface area contributed by atoms with Gasteiger partial charge in [0, 0.05) is 13.1 Å². The summed E-state index contributed by atoms with van der Waals surface area (Å²) in [6, 6.07) is 8.61. The third kappa shape index (κ3) is 4.15. The molecule has 18 heavy (non-hydrogen) atoms. The quantitative estimate of drug-likeness (QED) is 0.812. The Morgan fingerprint density at radius 2 is 1.83 bits per heavy atom. The number of rotatable bonds is 6. The van der Waals surface area contributed by atoms with Crippen LogP contribution in [0.1, 0.15) is 44.4 Å². The molecule has 0 saturated heterocycles. The summed E-state index contributed by atoms with van der Waals surface area (Å²) in [6.07, 6.45) is 2.29. The first-order valence-electron chi connectivity index (χ1n) is 6.65. The second-order valence-electron chi connectivity index (χ2n) is 4.72. The second kappa shape index (κ2) is 7.17. The van der Waals surface area contributed by atoms with Gasteiger partial charge in [0.05, 0.1) is 6.04 Å². The van der Waals surface area contributed by atoms with E-state index in [0.717, 1.165) is 6.42 Å². The zero-order valence-electron chi connectivity index (χ0n) is 11.8. The lowest BCUT2D eigenvalue weighted by atomic mass is 10.0. The fraction of sp³-hybridized carbons (Fsp3) is 0.533. The van der Waals surface area contributed by atoms with Crippen LogP contribution in [-0.4, -0.2) is 19.0 Å². The van der Waals surface area contributed by atoms with Gasteiger partial charge in [-0.1, -0.05) is 37.6 Å². The Morgan fingerprint density at radius 3 is 2.33 bits per heavy atom. The van der Waals surface area contributed by atoms with Crippen molar-refractivity contribution in [2.75, 3.05) is 7.05 Å². The van der Waals surface area contributed by atoms with Crippen LogP contribution in [0.15, 0.2) is 24.3 Å². The van der Waals surface area contributed by atoms with Crippen molar-refractivity contribution in [1.29, 1.82) is 0 Å². The van der Waals surface area contributed by atoms with E-state index in [9.17, 15) is 4.79 Å². The van der Waals surface area contributed by atoms with Crippen LogP contribution in [-0.2, 0) is 11.2 Å². The van der Waals surface area contributed by atoms with Crippen molar-refractivity contribution in [1.82, 2.24) is 10.6 Å². The molecule has 0 aliphatic heterocycles. The molecule has 1 rings (SSSR count). The standard InChI is InChI=1S/C15H24N2O/c1-5-6-13-7-9-14(10-8-13)11(2)17-12(3)15(18)16-4/h7-12,17H,5-6H2,1-4H3,(H,16,18). The van der Waals surface area contributed by atoms with Gasteiger partial charge in [-0.2, -0.15) is 0 Å². The molecule has 0 aliphatic rings. The van der Waals surface area contributed by atoms with Gasteiger partial charge in [-0.15, -0.1) is 0 Å². The minimum atomic E-state index is -0.180. The Kier molecular flexibility index (Phi) is 5.86. The van der Waals surface area contributed by atoms with Gasteiger partial charge in [0.15, 0.2) is 0 Å². The summed E-state index contributed by atoms with van der Waals surface area (Å²) in [4.78, 5) is 11.4. The molecule has 0 radical (unpaired) electrons. The van der Waals surface area contributed by atoms with Gasteiger partial charge in [0.1, 0.15) is 0 Å². The van der Waals surface area contributed by atoms with Gasteiger partial charge in [-0.3, -0.25) is 10.1 Å². The third-order valence-electron chi connectivity index (χ3n) is 3.16. The van der Waals surface area contributed by atoms with E-state index in [1.165, 1.54) is 17.5 Å². The molecule has 0 bridgehead atoms. The van der Waals surface area contributed by atoms with Gasteiger partial charge in [0.2, 0.25) is 5.91 Å². The number of hydrogen-bond acceptors (Lipinski definition) is 2. The van der Waals surface area contributed by atoms with Crippen LogP contribution in [0, 0.1) is 0 Å². The predicted molar refractivity (Wildman–Crippen MR) is 75.5 cm³/mol. The highest BCUT2D eigenvalue weighted by Gasteiger charge is 2.14. The lowest BCUT2D eigenvalue weighted by Gasteiger charge is -2.19. The number of amides is 1. The number of nitrogens with one attached hydrogen (secondary N) is 2. The highest BCUT2D eigenvalue weighted by atomic mass is 16.2. The zero-order chi connectivity index (χ0) is 13.5. The summed E-state index contributed by atoms with van der Waals surface area (Å²) in [5.74, 6) is 0.0180. The highest BCUT2D eigenvalue weighted by molar-refractivity contribution is 5.80. The molecular weight excluding hydrogens is 224 g/mol. The topological polar surface area (TPSA) is 41.1 Å². The van der Waals surface area contributed by atoms with Crippen LogP contribution in [0.25, 0.3) is 0 Å². The minimum Gasteiger partial charge on any atom is -0.358 e. The van der Waals surface area contributed by atoms with E-state index in [2.05, 4.69) is 48.7 Å². The van der Waals surface area contributed by atoms with Gasteiger partial charge in [0.25, 0.3) is 0 Å². The molecule has 3 nitrogen and oxygen atoms in total. The molecule has 1 aromatic carbocycles. The number of aryl methyl sites for hydroxylation is 1. The number of likely N-dealkylation sites (N-methyl/N-ethyl adjacent to an activating group) is 1. The number of carbonyl (C=O) groups excluding carboxylic acids is 1. The van der Waals surface area contributed by atoms with Crippen molar-refractivity contribution in [3.8, 4) is 0 Å². The first-order valence-corrected chi connectivity index (χ1v) is 6.65. The second-order valence-corrected chi connectivity index (χ2v) is 4.72. The van der Waals surface area contributed by atoms with E-state index in [-0.39, 0.29) is 18.0 Å². The summed E-state index contributed by atoms with van der Waals surface area (Å²) in [5.41, 5.74) is 2.58. The monoisotopic (exact) mass is 248 g/mol. The van der Waals surface area contributed by atoms with Crippen LogP contribution in [0.5, 0.6) is 0 Å². The molecule has 1 aromatic rings. The Morgan fingerprint density at radius 1 is 1.22 bits per heavy atom. The lowest BCUT2D eigenvalue weighted by Crippen LogP contribution is -2.41. The number of hydrogen-bond donors (Lipinski definition) is 2. The molecule has 1 amide bonds. The van der Waals surface area contributed by atoms with E-state index >= 15 is 0 Å². The maximum Gasteiger partial charge on any atom is 0.236 e. The predicted octanol–water partition coefficient (Wildman–Crippen LogP) is 2.42. The van der Waals surface area contributed by atoms with Crippen LogP contribution in [0.2, 0.25) is 0 Å². The normalized spacial score (nSPS) is 14.0. The summed E-state index contributed by atoms with van der Waals surface area (Å²) >= 11 is 0. The fourth-order valence-corrected chi connectivity index (χ4v) is 2.03. The maximum atomic E-state index is 11.4. The van der Waals surface area contributed by atoms with Crippen LogP contribution >= 0.6 is 0 Å². The van der Waals surface area contributed by atoms with E-state index in [0.29, 0.717) is 0 Å².